The molecule has 2 amide bonds. The summed E-state index contributed by atoms with van der Waals surface area (Å²) in [6.45, 7) is 0.864. The van der Waals surface area contributed by atoms with Gasteiger partial charge in [-0.25, -0.2) is 0 Å². The summed E-state index contributed by atoms with van der Waals surface area (Å²) in [4.78, 5) is 26.3. The number of aliphatic hydroxyl groups is 1. The van der Waals surface area contributed by atoms with E-state index in [1.807, 2.05) is 29.2 Å². The number of aliphatic hydroxyl groups excluding tert-OH is 1. The standard InChI is InChI=1S/C21H30N2O4/c24-13-12-23(16-7-2-1-3-8-16)21(26)11-6-14-27-19-15-20(25)22-18-10-5-4-9-17(18)19/h4-5,9-10,16,19,24H,1-3,6-8,11-15H2,(H,22,25). The summed E-state index contributed by atoms with van der Waals surface area (Å²) >= 11 is 0. The average molecular weight is 374 g/mol. The van der Waals surface area contributed by atoms with Crippen LogP contribution in [-0.4, -0.2) is 47.6 Å². The zero-order chi connectivity index (χ0) is 19.1. The molecule has 3 rings (SSSR count). The van der Waals surface area contributed by atoms with Crippen LogP contribution in [0.3, 0.4) is 0 Å². The van der Waals surface area contributed by atoms with Crippen LogP contribution in [0.15, 0.2) is 24.3 Å². The van der Waals surface area contributed by atoms with E-state index in [1.54, 1.807) is 0 Å². The lowest BCUT2D eigenvalue weighted by Gasteiger charge is -2.34. The van der Waals surface area contributed by atoms with Crippen LogP contribution in [0.5, 0.6) is 0 Å². The van der Waals surface area contributed by atoms with Gasteiger partial charge in [-0.05, 0) is 25.3 Å². The molecule has 1 fully saturated rings. The topological polar surface area (TPSA) is 78.9 Å². The number of hydrogen-bond donors (Lipinski definition) is 2. The van der Waals surface area contributed by atoms with Crippen LogP contribution in [0.25, 0.3) is 0 Å². The van der Waals surface area contributed by atoms with Crippen molar-refractivity contribution < 1.29 is 19.4 Å². The second-order valence-electron chi connectivity index (χ2n) is 7.41. The van der Waals surface area contributed by atoms with Gasteiger partial charge in [-0.15, -0.1) is 0 Å². The lowest BCUT2D eigenvalue weighted by Crippen LogP contribution is -2.43. The fourth-order valence-electron chi connectivity index (χ4n) is 4.12. The first-order chi connectivity index (χ1) is 13.2. The Hall–Kier alpha value is -1.92. The van der Waals surface area contributed by atoms with Gasteiger partial charge in [0.2, 0.25) is 11.8 Å². The predicted molar refractivity (Wildman–Crippen MR) is 103 cm³/mol. The first-order valence-electron chi connectivity index (χ1n) is 10.1. The summed E-state index contributed by atoms with van der Waals surface area (Å²) in [5, 5.41) is 12.2. The van der Waals surface area contributed by atoms with Crippen molar-refractivity contribution in [1.29, 1.82) is 0 Å². The molecule has 148 valence electrons. The Bertz CT molecular complexity index is 643. The highest BCUT2D eigenvalue weighted by atomic mass is 16.5. The normalized spacial score (nSPS) is 20.0. The number of hydrogen-bond acceptors (Lipinski definition) is 4. The number of ether oxygens (including phenoxy) is 1. The molecule has 1 atom stereocenters. The molecule has 27 heavy (non-hydrogen) atoms. The maximum Gasteiger partial charge on any atom is 0.227 e. The SMILES string of the molecule is O=C1CC(OCCCC(=O)N(CCO)C2CCCCC2)c2ccccc2N1. The number of anilines is 1. The predicted octanol–water partition coefficient (Wildman–Crippen LogP) is 3.02. The van der Waals surface area contributed by atoms with Crippen LogP contribution in [-0.2, 0) is 14.3 Å². The monoisotopic (exact) mass is 374 g/mol. The quantitative estimate of drug-likeness (QED) is 0.686. The summed E-state index contributed by atoms with van der Waals surface area (Å²) in [7, 11) is 0. The highest BCUT2D eigenvalue weighted by Crippen LogP contribution is 2.32. The molecule has 1 aliphatic heterocycles. The summed E-state index contributed by atoms with van der Waals surface area (Å²) < 4.78 is 5.93. The first kappa shape index (κ1) is 19.8. The largest absolute Gasteiger partial charge is 0.395 e. The molecular weight excluding hydrogens is 344 g/mol. The van der Waals surface area contributed by atoms with Crippen LogP contribution >= 0.6 is 0 Å². The number of para-hydroxylation sites is 1. The van der Waals surface area contributed by atoms with Crippen molar-refractivity contribution in [2.75, 3.05) is 25.1 Å². The minimum Gasteiger partial charge on any atom is -0.395 e. The first-order valence-corrected chi connectivity index (χ1v) is 10.1. The molecule has 0 aromatic heterocycles. The maximum atomic E-state index is 12.6. The van der Waals surface area contributed by atoms with E-state index in [-0.39, 0.29) is 30.6 Å². The average Bonchev–Trinajstić information content (AvgIpc) is 2.69. The molecule has 2 N–H and O–H groups in total. The van der Waals surface area contributed by atoms with Crippen LogP contribution in [0.1, 0.15) is 63.0 Å². The van der Waals surface area contributed by atoms with Crippen molar-refractivity contribution in [2.45, 2.75) is 63.5 Å². The van der Waals surface area contributed by atoms with Gasteiger partial charge in [-0.1, -0.05) is 37.5 Å². The fraction of sp³-hybridized carbons (Fsp3) is 0.619. The van der Waals surface area contributed by atoms with Crippen molar-refractivity contribution in [3.05, 3.63) is 29.8 Å². The van der Waals surface area contributed by atoms with E-state index in [0.717, 1.165) is 36.9 Å². The van der Waals surface area contributed by atoms with E-state index >= 15 is 0 Å². The summed E-state index contributed by atoms with van der Waals surface area (Å²) in [6, 6.07) is 7.95. The van der Waals surface area contributed by atoms with E-state index in [9.17, 15) is 14.7 Å². The Morgan fingerprint density at radius 1 is 1.22 bits per heavy atom. The molecule has 1 unspecified atom stereocenters. The number of benzene rings is 1. The minimum absolute atomic E-state index is 0.00666. The molecule has 1 aromatic rings. The third-order valence-electron chi connectivity index (χ3n) is 5.48. The smallest absolute Gasteiger partial charge is 0.227 e. The third-order valence-corrected chi connectivity index (χ3v) is 5.48. The van der Waals surface area contributed by atoms with E-state index in [1.165, 1.54) is 6.42 Å². The number of fused-ring (bicyclic) bond motifs is 1. The number of rotatable bonds is 8. The van der Waals surface area contributed by atoms with E-state index in [0.29, 0.717) is 32.4 Å². The highest BCUT2D eigenvalue weighted by molar-refractivity contribution is 5.94. The van der Waals surface area contributed by atoms with Crippen LogP contribution < -0.4 is 5.32 Å². The molecule has 0 bridgehead atoms. The van der Waals surface area contributed by atoms with Gasteiger partial charge in [0.1, 0.15) is 0 Å². The molecule has 1 heterocycles. The van der Waals surface area contributed by atoms with Gasteiger partial charge in [0, 0.05) is 36.9 Å². The lowest BCUT2D eigenvalue weighted by molar-refractivity contribution is -0.135. The second-order valence-corrected chi connectivity index (χ2v) is 7.41. The number of carbonyl (C=O) groups excluding carboxylic acids is 2. The van der Waals surface area contributed by atoms with Crippen LogP contribution in [0.4, 0.5) is 5.69 Å². The Morgan fingerprint density at radius 2 is 2.00 bits per heavy atom. The molecule has 0 spiro atoms. The van der Waals surface area contributed by atoms with Crippen molar-refractivity contribution in [1.82, 2.24) is 4.90 Å². The summed E-state index contributed by atoms with van der Waals surface area (Å²) in [6.07, 6.45) is 6.72. The summed E-state index contributed by atoms with van der Waals surface area (Å²) in [5.74, 6) is 0.0579. The number of nitrogens with one attached hydrogen (secondary N) is 1. The molecule has 6 heteroatoms. The van der Waals surface area contributed by atoms with Gasteiger partial charge in [-0.2, -0.15) is 0 Å². The fourth-order valence-corrected chi connectivity index (χ4v) is 4.12. The van der Waals surface area contributed by atoms with Crippen molar-refractivity contribution in [2.24, 2.45) is 0 Å². The molecule has 1 saturated carbocycles. The van der Waals surface area contributed by atoms with Gasteiger partial charge in [-0.3, -0.25) is 9.59 Å². The highest BCUT2D eigenvalue weighted by Gasteiger charge is 2.26. The van der Waals surface area contributed by atoms with Gasteiger partial charge < -0.3 is 20.1 Å². The number of amides is 2. The Balaban J connectivity index is 1.47. The number of nitrogens with zero attached hydrogens (tertiary/aromatic N) is 1. The Morgan fingerprint density at radius 3 is 2.78 bits per heavy atom. The van der Waals surface area contributed by atoms with E-state index in [2.05, 4.69) is 5.32 Å². The third kappa shape index (κ3) is 5.30. The van der Waals surface area contributed by atoms with Gasteiger partial charge in [0.15, 0.2) is 0 Å². The molecule has 2 aliphatic rings. The zero-order valence-corrected chi connectivity index (χ0v) is 15.9. The van der Waals surface area contributed by atoms with Crippen molar-refractivity contribution in [3.8, 4) is 0 Å². The minimum atomic E-state index is -0.253. The van der Waals surface area contributed by atoms with Crippen LogP contribution in [0, 0.1) is 0 Å². The van der Waals surface area contributed by atoms with Crippen molar-refractivity contribution in [3.63, 3.8) is 0 Å². The zero-order valence-electron chi connectivity index (χ0n) is 15.9. The number of carbonyl (C=O) groups is 2. The van der Waals surface area contributed by atoms with Gasteiger partial charge in [0.25, 0.3) is 0 Å². The van der Waals surface area contributed by atoms with Crippen LogP contribution in [0.2, 0.25) is 0 Å². The second kappa shape index (κ2) is 9.85. The Labute approximate surface area is 160 Å². The lowest BCUT2D eigenvalue weighted by atomic mass is 9.94. The summed E-state index contributed by atoms with van der Waals surface area (Å²) in [5.41, 5.74) is 1.80. The molecule has 1 aliphatic carbocycles. The van der Waals surface area contributed by atoms with E-state index < -0.39 is 0 Å². The van der Waals surface area contributed by atoms with Crippen molar-refractivity contribution >= 4 is 17.5 Å². The molecule has 6 nitrogen and oxygen atoms in total. The van der Waals surface area contributed by atoms with Gasteiger partial charge >= 0.3 is 0 Å². The van der Waals surface area contributed by atoms with Gasteiger partial charge in [0.05, 0.1) is 19.1 Å². The molecule has 0 radical (unpaired) electrons. The van der Waals surface area contributed by atoms with E-state index in [4.69, 9.17) is 4.74 Å². The molecule has 0 saturated heterocycles. The molecular formula is C21H30N2O4. The Kier molecular flexibility index (Phi) is 7.24. The maximum absolute atomic E-state index is 12.6. The molecule has 1 aromatic carbocycles.